The van der Waals surface area contributed by atoms with Crippen LogP contribution in [0.3, 0.4) is 0 Å². The Morgan fingerprint density at radius 2 is 1.06 bits per heavy atom. The van der Waals surface area contributed by atoms with Crippen molar-refractivity contribution in [3.63, 3.8) is 0 Å². The van der Waals surface area contributed by atoms with Crippen molar-refractivity contribution in [3.8, 4) is 0 Å². The molecule has 0 aliphatic heterocycles. The number of benzene rings is 1. The summed E-state index contributed by atoms with van der Waals surface area (Å²) in [5.41, 5.74) is 1.63. The van der Waals surface area contributed by atoms with E-state index in [2.05, 4.69) is 0 Å². The minimum Gasteiger partial charge on any atom is -0.316 e. The van der Waals surface area contributed by atoms with Gasteiger partial charge in [0, 0.05) is 39.3 Å². The van der Waals surface area contributed by atoms with E-state index in [9.17, 15) is 9.59 Å². The minimum absolute atomic E-state index is 0.0207. The maximum atomic E-state index is 11.1. The molecule has 0 saturated heterocycles. The molecule has 0 aromatic heterocycles. The summed E-state index contributed by atoms with van der Waals surface area (Å²) < 4.78 is 0. The average molecular weight is 220 g/mol. The van der Waals surface area contributed by atoms with Gasteiger partial charge in [0.15, 0.2) is 0 Å². The molecule has 0 fully saturated rings. The summed E-state index contributed by atoms with van der Waals surface area (Å²) in [7, 11) is 3.43. The first-order valence-corrected chi connectivity index (χ1v) is 5.02. The zero-order chi connectivity index (χ0) is 12.3. The molecule has 0 N–H and O–H groups in total. The summed E-state index contributed by atoms with van der Waals surface area (Å²) >= 11 is 0. The van der Waals surface area contributed by atoms with Crippen molar-refractivity contribution in [3.05, 3.63) is 24.3 Å². The lowest BCUT2D eigenvalue weighted by atomic mass is 10.2. The van der Waals surface area contributed by atoms with E-state index < -0.39 is 0 Å². The molecule has 1 aromatic rings. The normalized spacial score (nSPS) is 9.75. The predicted octanol–water partition coefficient (Wildman–Crippen LogP) is 1.65. The van der Waals surface area contributed by atoms with Gasteiger partial charge in [-0.05, 0) is 24.3 Å². The number of hydrogen-bond acceptors (Lipinski definition) is 2. The summed E-state index contributed by atoms with van der Waals surface area (Å²) in [5, 5.41) is 0. The summed E-state index contributed by atoms with van der Waals surface area (Å²) in [5.74, 6) is -0.0413. The summed E-state index contributed by atoms with van der Waals surface area (Å²) in [6.07, 6.45) is 0. The highest BCUT2D eigenvalue weighted by atomic mass is 16.2. The standard InChI is InChI=1S/C12H16N2O2/c1-9(15)13(3)11-5-7-12(8-6-11)14(4)10(2)16/h5-8H,1-4H3. The number of carbonyl (C=O) groups excluding carboxylic acids is 2. The zero-order valence-corrected chi connectivity index (χ0v) is 10.0. The van der Waals surface area contributed by atoms with Crippen LogP contribution in [0.1, 0.15) is 13.8 Å². The summed E-state index contributed by atoms with van der Waals surface area (Å²) in [6, 6.07) is 7.26. The van der Waals surface area contributed by atoms with Gasteiger partial charge < -0.3 is 9.80 Å². The highest BCUT2D eigenvalue weighted by molar-refractivity contribution is 5.93. The van der Waals surface area contributed by atoms with Gasteiger partial charge in [0.1, 0.15) is 0 Å². The predicted molar refractivity (Wildman–Crippen MR) is 64.6 cm³/mol. The summed E-state index contributed by atoms with van der Waals surface area (Å²) in [6.45, 7) is 3.02. The van der Waals surface area contributed by atoms with Crippen molar-refractivity contribution < 1.29 is 9.59 Å². The van der Waals surface area contributed by atoms with Gasteiger partial charge in [-0.15, -0.1) is 0 Å². The van der Waals surface area contributed by atoms with Crippen LogP contribution in [0, 0.1) is 0 Å². The molecule has 1 aromatic carbocycles. The molecule has 0 unspecified atom stereocenters. The topological polar surface area (TPSA) is 40.6 Å². The van der Waals surface area contributed by atoms with E-state index in [1.807, 2.05) is 24.3 Å². The van der Waals surface area contributed by atoms with E-state index >= 15 is 0 Å². The second-order valence-corrected chi connectivity index (χ2v) is 3.67. The monoisotopic (exact) mass is 220 g/mol. The van der Waals surface area contributed by atoms with Crippen LogP contribution in [0.5, 0.6) is 0 Å². The van der Waals surface area contributed by atoms with Crippen molar-refractivity contribution in [2.45, 2.75) is 13.8 Å². The smallest absolute Gasteiger partial charge is 0.223 e. The Hall–Kier alpha value is -1.84. The Kier molecular flexibility index (Phi) is 3.66. The fraction of sp³-hybridized carbons (Fsp3) is 0.333. The third kappa shape index (κ3) is 2.59. The van der Waals surface area contributed by atoms with Gasteiger partial charge in [0.25, 0.3) is 0 Å². The molecule has 0 radical (unpaired) electrons. The highest BCUT2D eigenvalue weighted by Gasteiger charge is 2.08. The number of amides is 2. The molecule has 0 aliphatic carbocycles. The lowest BCUT2D eigenvalue weighted by molar-refractivity contribution is -0.117. The largest absolute Gasteiger partial charge is 0.316 e. The first-order valence-electron chi connectivity index (χ1n) is 5.02. The van der Waals surface area contributed by atoms with Gasteiger partial charge in [-0.1, -0.05) is 0 Å². The average Bonchev–Trinajstić information content (AvgIpc) is 2.27. The molecule has 0 spiro atoms. The second-order valence-electron chi connectivity index (χ2n) is 3.67. The van der Waals surface area contributed by atoms with Crippen molar-refractivity contribution in [1.82, 2.24) is 0 Å². The molecule has 0 bridgehead atoms. The van der Waals surface area contributed by atoms with Gasteiger partial charge in [0.2, 0.25) is 11.8 Å². The van der Waals surface area contributed by atoms with Crippen molar-refractivity contribution in [2.75, 3.05) is 23.9 Å². The fourth-order valence-electron chi connectivity index (χ4n) is 1.26. The number of anilines is 2. The Morgan fingerprint density at radius 3 is 1.25 bits per heavy atom. The van der Waals surface area contributed by atoms with Gasteiger partial charge in [-0.3, -0.25) is 9.59 Å². The van der Waals surface area contributed by atoms with Crippen LogP contribution >= 0.6 is 0 Å². The van der Waals surface area contributed by atoms with Crippen molar-refractivity contribution in [1.29, 1.82) is 0 Å². The first-order chi connectivity index (χ1) is 7.43. The molecule has 0 saturated carbocycles. The van der Waals surface area contributed by atoms with Gasteiger partial charge in [0.05, 0.1) is 0 Å². The highest BCUT2D eigenvalue weighted by Crippen LogP contribution is 2.19. The van der Waals surface area contributed by atoms with E-state index in [1.165, 1.54) is 13.8 Å². The molecule has 0 atom stereocenters. The Labute approximate surface area is 95.5 Å². The second kappa shape index (κ2) is 4.79. The Morgan fingerprint density at radius 1 is 0.812 bits per heavy atom. The van der Waals surface area contributed by atoms with Crippen molar-refractivity contribution in [2.24, 2.45) is 0 Å². The van der Waals surface area contributed by atoms with Crippen LogP contribution < -0.4 is 9.80 Å². The van der Waals surface area contributed by atoms with Crippen LogP contribution in [0.2, 0.25) is 0 Å². The number of carbonyl (C=O) groups is 2. The van der Waals surface area contributed by atoms with Crippen LogP contribution in [-0.2, 0) is 9.59 Å². The zero-order valence-electron chi connectivity index (χ0n) is 10.0. The molecule has 2 amide bonds. The van der Waals surface area contributed by atoms with Gasteiger partial charge >= 0.3 is 0 Å². The van der Waals surface area contributed by atoms with E-state index in [0.29, 0.717) is 0 Å². The van der Waals surface area contributed by atoms with Gasteiger partial charge in [-0.25, -0.2) is 0 Å². The quantitative estimate of drug-likeness (QED) is 0.760. The van der Waals surface area contributed by atoms with Crippen LogP contribution in [0.15, 0.2) is 24.3 Å². The van der Waals surface area contributed by atoms with Crippen LogP contribution in [0.25, 0.3) is 0 Å². The van der Waals surface area contributed by atoms with Crippen molar-refractivity contribution >= 4 is 23.2 Å². The molecule has 1 rings (SSSR count). The number of nitrogens with zero attached hydrogens (tertiary/aromatic N) is 2. The van der Waals surface area contributed by atoms with Crippen LogP contribution in [0.4, 0.5) is 11.4 Å². The molecule has 0 aliphatic rings. The van der Waals surface area contributed by atoms with E-state index in [0.717, 1.165) is 11.4 Å². The maximum Gasteiger partial charge on any atom is 0.223 e. The maximum absolute atomic E-state index is 11.1. The van der Waals surface area contributed by atoms with E-state index in [1.54, 1.807) is 23.9 Å². The fourth-order valence-corrected chi connectivity index (χ4v) is 1.26. The lowest BCUT2D eigenvalue weighted by Crippen LogP contribution is -2.24. The van der Waals surface area contributed by atoms with E-state index in [4.69, 9.17) is 0 Å². The summed E-state index contributed by atoms with van der Waals surface area (Å²) in [4.78, 5) is 25.4. The molecule has 0 heterocycles. The Bertz CT molecular complexity index is 359. The lowest BCUT2D eigenvalue weighted by Gasteiger charge is -2.18. The minimum atomic E-state index is -0.0207. The van der Waals surface area contributed by atoms with Gasteiger partial charge in [-0.2, -0.15) is 0 Å². The first kappa shape index (κ1) is 12.2. The molecule has 4 heteroatoms. The SMILES string of the molecule is CC(=O)N(C)c1ccc(N(C)C(C)=O)cc1. The molecule has 16 heavy (non-hydrogen) atoms. The molecule has 4 nitrogen and oxygen atoms in total. The third-order valence-electron chi connectivity index (χ3n) is 2.57. The molecule has 86 valence electrons. The molecular weight excluding hydrogens is 204 g/mol. The van der Waals surface area contributed by atoms with Crippen LogP contribution in [-0.4, -0.2) is 25.9 Å². The Balaban J connectivity index is 2.91. The third-order valence-corrected chi connectivity index (χ3v) is 2.57. The number of rotatable bonds is 2. The molecular formula is C12H16N2O2. The number of hydrogen-bond donors (Lipinski definition) is 0. The van der Waals surface area contributed by atoms with E-state index in [-0.39, 0.29) is 11.8 Å².